The molecule has 0 atom stereocenters. The fourth-order valence-electron chi connectivity index (χ4n) is 3.80. The highest BCUT2D eigenvalue weighted by Crippen LogP contribution is 2.29. The minimum atomic E-state index is -0.676. The maximum Gasteiger partial charge on any atom is 0.256 e. The number of aromatic nitrogens is 4. The summed E-state index contributed by atoms with van der Waals surface area (Å²) in [6.07, 6.45) is 5.56. The highest BCUT2D eigenvalue weighted by molar-refractivity contribution is 5.99. The van der Waals surface area contributed by atoms with Crippen molar-refractivity contribution in [2.75, 3.05) is 34.0 Å². The van der Waals surface area contributed by atoms with Crippen LogP contribution in [0.1, 0.15) is 5.56 Å². The van der Waals surface area contributed by atoms with Crippen molar-refractivity contribution in [1.29, 1.82) is 0 Å². The minimum absolute atomic E-state index is 0.138. The Kier molecular flexibility index (Phi) is 8.07. The molecule has 0 fully saturated rings. The molecule has 0 aliphatic carbocycles. The molecule has 0 spiro atoms. The first-order valence-corrected chi connectivity index (χ1v) is 11.7. The molecular weight excluding hydrogens is 487 g/mol. The van der Waals surface area contributed by atoms with Crippen LogP contribution in [0.15, 0.2) is 79.6 Å². The number of amides is 2. The summed E-state index contributed by atoms with van der Waals surface area (Å²) in [5.74, 6) is -0.288. The molecule has 0 bridgehead atoms. The number of hydrogen-bond acceptors (Lipinski definition) is 7. The van der Waals surface area contributed by atoms with E-state index >= 15 is 0 Å². The zero-order chi connectivity index (χ0) is 27.1. The molecule has 4 rings (SSSR count). The second kappa shape index (κ2) is 11.8. The van der Waals surface area contributed by atoms with Gasteiger partial charge in [-0.1, -0.05) is 30.8 Å². The number of nitrogens with one attached hydrogen (secondary N) is 2. The molecule has 0 saturated carbocycles. The monoisotopic (exact) mass is 514 g/mol. The van der Waals surface area contributed by atoms with E-state index in [1.54, 1.807) is 36.3 Å². The normalized spacial score (nSPS) is 10.5. The summed E-state index contributed by atoms with van der Waals surface area (Å²) in [5.41, 5.74) is 2.99. The Hall–Kier alpha value is -5.06. The van der Waals surface area contributed by atoms with Crippen molar-refractivity contribution >= 4 is 46.8 Å². The van der Waals surface area contributed by atoms with Gasteiger partial charge in [0.1, 0.15) is 11.5 Å². The first kappa shape index (κ1) is 26.0. The number of nitrogens with zero attached hydrogens (tertiary/aromatic N) is 6. The van der Waals surface area contributed by atoms with Gasteiger partial charge in [-0.15, -0.1) is 5.10 Å². The third-order valence-corrected chi connectivity index (χ3v) is 5.71. The molecule has 0 saturated heterocycles. The van der Waals surface area contributed by atoms with E-state index in [1.807, 2.05) is 48.3 Å². The van der Waals surface area contributed by atoms with Crippen LogP contribution < -0.4 is 20.4 Å². The van der Waals surface area contributed by atoms with Crippen LogP contribution in [0.2, 0.25) is 0 Å². The van der Waals surface area contributed by atoms with Gasteiger partial charge in [-0.05, 0) is 42.8 Å². The van der Waals surface area contributed by atoms with Crippen LogP contribution in [-0.2, 0) is 23.1 Å². The molecule has 2 heterocycles. The Morgan fingerprint density at radius 1 is 1.16 bits per heavy atom. The van der Waals surface area contributed by atoms with E-state index in [0.717, 1.165) is 23.3 Å². The lowest BCUT2D eigenvalue weighted by Crippen LogP contribution is -2.25. The topological polar surface area (TPSA) is 108 Å². The molecule has 2 aromatic carbocycles. The lowest BCUT2D eigenvalue weighted by atomic mass is 10.1. The number of carbonyl (C=O) groups excluding carboxylic acids is 2. The zero-order valence-electron chi connectivity index (χ0n) is 21.0. The fraction of sp³-hybridized carbons (Fsp3) is 0.148. The van der Waals surface area contributed by atoms with Crippen LogP contribution in [-0.4, -0.2) is 45.7 Å². The van der Waals surface area contributed by atoms with E-state index in [0.29, 0.717) is 24.5 Å². The van der Waals surface area contributed by atoms with Crippen molar-refractivity contribution in [2.45, 2.75) is 6.42 Å². The molecule has 0 unspecified atom stereocenters. The molecule has 2 aromatic heterocycles. The largest absolute Gasteiger partial charge is 0.329 e. The Balaban J connectivity index is 1.66. The van der Waals surface area contributed by atoms with E-state index in [9.17, 15) is 14.0 Å². The van der Waals surface area contributed by atoms with Crippen molar-refractivity contribution in [3.8, 4) is 0 Å². The van der Waals surface area contributed by atoms with Crippen LogP contribution >= 0.6 is 0 Å². The van der Waals surface area contributed by atoms with Crippen molar-refractivity contribution in [3.63, 3.8) is 0 Å². The Bertz CT molecular complexity index is 1440. The van der Waals surface area contributed by atoms with E-state index in [1.165, 1.54) is 17.0 Å². The average Bonchev–Trinajstić information content (AvgIpc) is 3.25. The molecule has 11 heteroatoms. The highest BCUT2D eigenvalue weighted by Gasteiger charge is 2.17. The molecule has 38 heavy (non-hydrogen) atoms. The summed E-state index contributed by atoms with van der Waals surface area (Å²) in [7, 11) is 3.43. The van der Waals surface area contributed by atoms with Crippen LogP contribution in [0.3, 0.4) is 0 Å². The first-order valence-electron chi connectivity index (χ1n) is 11.7. The number of anilines is 6. The molecule has 194 valence electrons. The summed E-state index contributed by atoms with van der Waals surface area (Å²) in [6.45, 7) is 3.87. The van der Waals surface area contributed by atoms with Crippen molar-refractivity contribution in [1.82, 2.24) is 19.7 Å². The van der Waals surface area contributed by atoms with Crippen LogP contribution in [0.5, 0.6) is 0 Å². The summed E-state index contributed by atoms with van der Waals surface area (Å²) in [6, 6.07) is 16.6. The lowest BCUT2D eigenvalue weighted by molar-refractivity contribution is -0.112. The second-order valence-corrected chi connectivity index (χ2v) is 8.36. The van der Waals surface area contributed by atoms with Gasteiger partial charge in [-0.2, -0.15) is 9.37 Å². The third-order valence-electron chi connectivity index (χ3n) is 5.71. The maximum atomic E-state index is 14.1. The number of aryl methyl sites for hydroxylation is 1. The van der Waals surface area contributed by atoms with Gasteiger partial charge in [0.2, 0.25) is 18.3 Å². The van der Waals surface area contributed by atoms with E-state index in [2.05, 4.69) is 32.3 Å². The molecule has 10 nitrogen and oxygen atoms in total. The quantitative estimate of drug-likeness (QED) is 0.228. The summed E-state index contributed by atoms with van der Waals surface area (Å²) in [5, 5.41) is 9.32. The van der Waals surface area contributed by atoms with Gasteiger partial charge in [-0.3, -0.25) is 14.3 Å². The van der Waals surface area contributed by atoms with Gasteiger partial charge < -0.3 is 20.4 Å². The Morgan fingerprint density at radius 3 is 2.61 bits per heavy atom. The SMILES string of the molecule is C=CC(=O)Nc1cccc(N(C)c2nc(Nc3cn(C)nc3F)ncc2CCN(C=O)c2ccccc2)c1. The Morgan fingerprint density at radius 2 is 1.92 bits per heavy atom. The van der Waals surface area contributed by atoms with Gasteiger partial charge in [0.05, 0.1) is 6.20 Å². The van der Waals surface area contributed by atoms with E-state index in [4.69, 9.17) is 0 Å². The summed E-state index contributed by atoms with van der Waals surface area (Å²) < 4.78 is 15.5. The minimum Gasteiger partial charge on any atom is -0.329 e. The molecule has 2 N–H and O–H groups in total. The van der Waals surface area contributed by atoms with E-state index < -0.39 is 5.95 Å². The smallest absolute Gasteiger partial charge is 0.256 e. The summed E-state index contributed by atoms with van der Waals surface area (Å²) in [4.78, 5) is 36.1. The standard InChI is InChI=1S/C27H27FN8O2/c1-4-24(38)30-20-9-8-12-22(15-20)35(3)26-19(13-14-36(18-37)21-10-6-5-7-11-21)16-29-27(32-26)31-23-17-34(2)33-25(23)28/h4-12,15-18H,1,13-14H2,2-3H3,(H,30,38)(H,29,31,32). The average molecular weight is 515 g/mol. The first-order chi connectivity index (χ1) is 18.4. The van der Waals surface area contributed by atoms with Crippen molar-refractivity contribution in [3.05, 3.63) is 91.2 Å². The Labute approximate surface area is 219 Å². The lowest BCUT2D eigenvalue weighted by Gasteiger charge is -2.24. The number of benzene rings is 2. The van der Waals surface area contributed by atoms with Gasteiger partial charge in [-0.25, -0.2) is 4.98 Å². The number of carbonyl (C=O) groups is 2. The zero-order valence-corrected chi connectivity index (χ0v) is 21.0. The highest BCUT2D eigenvalue weighted by atomic mass is 19.1. The van der Waals surface area contributed by atoms with Gasteiger partial charge in [0.15, 0.2) is 0 Å². The van der Waals surface area contributed by atoms with E-state index in [-0.39, 0.29) is 17.5 Å². The number of halogens is 1. The van der Waals surface area contributed by atoms with Gasteiger partial charge >= 0.3 is 0 Å². The molecule has 4 aromatic rings. The number of para-hydroxylation sites is 1. The van der Waals surface area contributed by atoms with Crippen LogP contribution in [0.4, 0.5) is 38.9 Å². The second-order valence-electron chi connectivity index (χ2n) is 8.36. The fourth-order valence-corrected chi connectivity index (χ4v) is 3.80. The van der Waals surface area contributed by atoms with Crippen LogP contribution in [0.25, 0.3) is 0 Å². The molecule has 0 aliphatic heterocycles. The van der Waals surface area contributed by atoms with Gasteiger partial charge in [0, 0.05) is 49.5 Å². The summed E-state index contributed by atoms with van der Waals surface area (Å²) >= 11 is 0. The molecule has 0 aliphatic rings. The third kappa shape index (κ3) is 6.19. The van der Waals surface area contributed by atoms with Crippen LogP contribution in [0, 0.1) is 5.95 Å². The van der Waals surface area contributed by atoms with Crippen molar-refractivity contribution < 1.29 is 14.0 Å². The predicted octanol–water partition coefficient (Wildman–Crippen LogP) is 4.19. The molecule has 0 radical (unpaired) electrons. The van der Waals surface area contributed by atoms with Crippen molar-refractivity contribution in [2.24, 2.45) is 7.05 Å². The number of hydrogen-bond donors (Lipinski definition) is 2. The predicted molar refractivity (Wildman–Crippen MR) is 145 cm³/mol. The number of rotatable bonds is 11. The molecule has 2 amide bonds. The molecular formula is C27H27FN8O2. The van der Waals surface area contributed by atoms with Gasteiger partial charge in [0.25, 0.3) is 5.95 Å². The maximum absolute atomic E-state index is 14.1.